The molecule has 10 heteroatoms. The van der Waals surface area contributed by atoms with Gasteiger partial charge in [0.05, 0.1) is 18.3 Å². The summed E-state index contributed by atoms with van der Waals surface area (Å²) < 4.78 is 1.62. The number of carboxylic acids is 1. The van der Waals surface area contributed by atoms with Crippen LogP contribution in [-0.4, -0.2) is 54.6 Å². The lowest BCUT2D eigenvalue weighted by Crippen LogP contribution is -2.47. The van der Waals surface area contributed by atoms with Crippen molar-refractivity contribution in [3.05, 3.63) is 24.3 Å². The summed E-state index contributed by atoms with van der Waals surface area (Å²) in [5.74, 6) is -0.937. The normalized spacial score (nSPS) is 13.3. The van der Waals surface area contributed by atoms with Gasteiger partial charge in [0.2, 0.25) is 0 Å². The highest BCUT2D eigenvalue weighted by molar-refractivity contribution is 5.94. The Morgan fingerprint density at radius 1 is 1.32 bits per heavy atom. The first-order valence-electron chi connectivity index (χ1n) is 7.60. The molecule has 0 fully saturated rings. The standard InChI is InChI=1S/C15H20N6O4/c1-9(2)21-12(18-19-20-21)10-6-4-5-7-11(10)17-14(24)16-8-15(3,25)13(22)23/h4-7,9,25H,8H2,1-3H3,(H,22,23)(H2,16,17,24). The third kappa shape index (κ3) is 4.29. The largest absolute Gasteiger partial charge is 0.479 e. The lowest BCUT2D eigenvalue weighted by molar-refractivity contribution is -0.155. The second-order valence-electron chi connectivity index (χ2n) is 5.97. The number of carbonyl (C=O) groups is 2. The van der Waals surface area contributed by atoms with Gasteiger partial charge in [0, 0.05) is 5.56 Å². The van der Waals surface area contributed by atoms with Gasteiger partial charge in [-0.05, 0) is 43.3 Å². The van der Waals surface area contributed by atoms with Crippen LogP contribution in [0.4, 0.5) is 10.5 Å². The minimum atomic E-state index is -2.06. The van der Waals surface area contributed by atoms with E-state index in [1.165, 1.54) is 0 Å². The number of anilines is 1. The lowest BCUT2D eigenvalue weighted by Gasteiger charge is -2.19. The van der Waals surface area contributed by atoms with Gasteiger partial charge in [0.1, 0.15) is 0 Å². The number of aliphatic hydroxyl groups is 1. The van der Waals surface area contributed by atoms with Crippen molar-refractivity contribution in [2.75, 3.05) is 11.9 Å². The fraction of sp³-hybridized carbons (Fsp3) is 0.400. The average molecular weight is 348 g/mol. The van der Waals surface area contributed by atoms with Crippen molar-refractivity contribution < 1.29 is 19.8 Å². The second-order valence-corrected chi connectivity index (χ2v) is 5.97. The molecule has 0 bridgehead atoms. The quantitative estimate of drug-likeness (QED) is 0.607. The number of hydrogen-bond acceptors (Lipinski definition) is 6. The molecular weight excluding hydrogens is 328 g/mol. The van der Waals surface area contributed by atoms with E-state index >= 15 is 0 Å². The fourth-order valence-electron chi connectivity index (χ4n) is 2.00. The van der Waals surface area contributed by atoms with Crippen molar-refractivity contribution in [2.45, 2.75) is 32.4 Å². The van der Waals surface area contributed by atoms with Crippen LogP contribution in [0.25, 0.3) is 11.4 Å². The second kappa shape index (κ2) is 7.26. The summed E-state index contributed by atoms with van der Waals surface area (Å²) in [6.45, 7) is 4.51. The van der Waals surface area contributed by atoms with E-state index in [9.17, 15) is 14.7 Å². The number of rotatable bonds is 6. The van der Waals surface area contributed by atoms with E-state index in [1.54, 1.807) is 28.9 Å². The molecule has 0 saturated heterocycles. The Balaban J connectivity index is 2.17. The van der Waals surface area contributed by atoms with Crippen molar-refractivity contribution in [1.82, 2.24) is 25.5 Å². The smallest absolute Gasteiger partial charge is 0.337 e. The maximum atomic E-state index is 12.0. The molecule has 2 aromatic rings. The zero-order chi connectivity index (χ0) is 18.6. The van der Waals surface area contributed by atoms with Crippen molar-refractivity contribution in [2.24, 2.45) is 0 Å². The van der Waals surface area contributed by atoms with Gasteiger partial charge in [-0.25, -0.2) is 14.3 Å². The first-order chi connectivity index (χ1) is 11.7. The van der Waals surface area contributed by atoms with Gasteiger partial charge >= 0.3 is 12.0 Å². The van der Waals surface area contributed by atoms with Crippen LogP contribution in [0, 0.1) is 0 Å². The number of amides is 2. The summed E-state index contributed by atoms with van der Waals surface area (Å²) in [6.07, 6.45) is 0. The topological polar surface area (TPSA) is 142 Å². The van der Waals surface area contributed by atoms with E-state index in [0.717, 1.165) is 6.92 Å². The zero-order valence-corrected chi connectivity index (χ0v) is 14.1. The number of nitrogens with zero attached hydrogens (tertiary/aromatic N) is 4. The van der Waals surface area contributed by atoms with Crippen LogP contribution >= 0.6 is 0 Å². The van der Waals surface area contributed by atoms with Crippen LogP contribution in [0.1, 0.15) is 26.8 Å². The molecule has 2 rings (SSSR count). The van der Waals surface area contributed by atoms with Crippen LogP contribution in [0.2, 0.25) is 0 Å². The first-order valence-corrected chi connectivity index (χ1v) is 7.60. The van der Waals surface area contributed by atoms with E-state index in [2.05, 4.69) is 26.2 Å². The predicted octanol–water partition coefficient (Wildman–Crippen LogP) is 0.878. The Morgan fingerprint density at radius 2 is 2.00 bits per heavy atom. The Labute approximate surface area is 143 Å². The van der Waals surface area contributed by atoms with Gasteiger partial charge in [-0.2, -0.15) is 0 Å². The minimum Gasteiger partial charge on any atom is -0.479 e. The summed E-state index contributed by atoms with van der Waals surface area (Å²) in [6, 6.07) is 6.32. The molecule has 25 heavy (non-hydrogen) atoms. The van der Waals surface area contributed by atoms with Crippen molar-refractivity contribution >= 4 is 17.7 Å². The van der Waals surface area contributed by atoms with Crippen molar-refractivity contribution in [3.63, 3.8) is 0 Å². The number of aliphatic carboxylic acids is 1. The molecule has 0 radical (unpaired) electrons. The molecule has 4 N–H and O–H groups in total. The number of aromatic nitrogens is 4. The number of urea groups is 1. The van der Waals surface area contributed by atoms with Crippen LogP contribution in [0.15, 0.2) is 24.3 Å². The molecule has 0 saturated carbocycles. The SMILES string of the molecule is CC(C)n1nnnc1-c1ccccc1NC(=O)NCC(C)(O)C(=O)O. The monoisotopic (exact) mass is 348 g/mol. The van der Waals surface area contributed by atoms with Gasteiger partial charge in [-0.3, -0.25) is 0 Å². The number of hydrogen-bond donors (Lipinski definition) is 4. The number of carbonyl (C=O) groups excluding carboxylic acids is 1. The van der Waals surface area contributed by atoms with Gasteiger partial charge in [-0.1, -0.05) is 12.1 Å². The third-order valence-corrected chi connectivity index (χ3v) is 3.45. The number of benzene rings is 1. The summed E-state index contributed by atoms with van der Waals surface area (Å²) >= 11 is 0. The number of tetrazole rings is 1. The number of para-hydroxylation sites is 1. The molecule has 1 unspecified atom stereocenters. The molecule has 0 aliphatic heterocycles. The summed E-state index contributed by atoms with van der Waals surface area (Å²) in [5.41, 5.74) is -0.994. The van der Waals surface area contributed by atoms with Gasteiger partial charge in [0.25, 0.3) is 0 Å². The van der Waals surface area contributed by atoms with Crippen molar-refractivity contribution in [3.8, 4) is 11.4 Å². The molecule has 0 aliphatic carbocycles. The molecule has 1 aromatic carbocycles. The number of nitrogens with one attached hydrogen (secondary N) is 2. The molecule has 2 amide bonds. The molecule has 0 aliphatic rings. The van der Waals surface area contributed by atoms with Crippen LogP contribution < -0.4 is 10.6 Å². The third-order valence-electron chi connectivity index (χ3n) is 3.45. The molecule has 1 atom stereocenters. The van der Waals surface area contributed by atoms with E-state index in [4.69, 9.17) is 5.11 Å². The van der Waals surface area contributed by atoms with E-state index in [-0.39, 0.29) is 6.04 Å². The van der Waals surface area contributed by atoms with E-state index in [1.807, 2.05) is 13.8 Å². The van der Waals surface area contributed by atoms with Gasteiger partial charge in [-0.15, -0.1) is 5.10 Å². The highest BCUT2D eigenvalue weighted by Crippen LogP contribution is 2.27. The molecule has 1 heterocycles. The summed E-state index contributed by atoms with van der Waals surface area (Å²) in [4.78, 5) is 22.9. The number of carboxylic acid groups (broad SMARTS) is 1. The maximum absolute atomic E-state index is 12.0. The fourth-order valence-corrected chi connectivity index (χ4v) is 2.00. The zero-order valence-electron chi connectivity index (χ0n) is 14.1. The van der Waals surface area contributed by atoms with E-state index < -0.39 is 24.1 Å². The first kappa shape index (κ1) is 18.3. The Bertz CT molecular complexity index is 771. The molecule has 0 spiro atoms. The summed E-state index contributed by atoms with van der Waals surface area (Å²) in [7, 11) is 0. The Hall–Kier alpha value is -3.01. The minimum absolute atomic E-state index is 0.0255. The molecular formula is C15H20N6O4. The Morgan fingerprint density at radius 3 is 2.64 bits per heavy atom. The molecule has 10 nitrogen and oxygen atoms in total. The van der Waals surface area contributed by atoms with Crippen LogP contribution in [0.5, 0.6) is 0 Å². The average Bonchev–Trinajstić information content (AvgIpc) is 3.03. The lowest BCUT2D eigenvalue weighted by atomic mass is 10.1. The molecule has 1 aromatic heterocycles. The predicted molar refractivity (Wildman–Crippen MR) is 88.9 cm³/mol. The van der Waals surface area contributed by atoms with Gasteiger partial charge in [0.15, 0.2) is 11.4 Å². The Kier molecular flexibility index (Phi) is 5.32. The van der Waals surface area contributed by atoms with Crippen LogP contribution in [-0.2, 0) is 4.79 Å². The van der Waals surface area contributed by atoms with E-state index in [0.29, 0.717) is 17.1 Å². The molecule has 134 valence electrons. The summed E-state index contributed by atoms with van der Waals surface area (Å²) in [5, 5.41) is 35.0. The maximum Gasteiger partial charge on any atom is 0.337 e. The van der Waals surface area contributed by atoms with Gasteiger partial charge < -0.3 is 20.8 Å². The van der Waals surface area contributed by atoms with Crippen molar-refractivity contribution in [1.29, 1.82) is 0 Å². The van der Waals surface area contributed by atoms with Crippen LogP contribution in [0.3, 0.4) is 0 Å². The highest BCUT2D eigenvalue weighted by atomic mass is 16.4. The highest BCUT2D eigenvalue weighted by Gasteiger charge is 2.30.